The van der Waals surface area contributed by atoms with Gasteiger partial charge in [-0.05, 0) is 37.6 Å². The lowest BCUT2D eigenvalue weighted by Crippen LogP contribution is -2.26. The highest BCUT2D eigenvalue weighted by atomic mass is 32.1. The fourth-order valence-corrected chi connectivity index (χ4v) is 3.90. The van der Waals surface area contributed by atoms with Gasteiger partial charge in [-0.3, -0.25) is 9.59 Å². The zero-order valence-corrected chi connectivity index (χ0v) is 17.3. The topological polar surface area (TPSA) is 82.8 Å². The van der Waals surface area contributed by atoms with Gasteiger partial charge in [0.05, 0.1) is 17.7 Å². The first-order valence-corrected chi connectivity index (χ1v) is 10.3. The van der Waals surface area contributed by atoms with E-state index < -0.39 is 5.56 Å². The van der Waals surface area contributed by atoms with Gasteiger partial charge in [0.25, 0.3) is 5.56 Å². The summed E-state index contributed by atoms with van der Waals surface area (Å²) in [7, 11) is 0. The fourth-order valence-electron chi connectivity index (χ4n) is 2.99. The van der Waals surface area contributed by atoms with Gasteiger partial charge in [0, 0.05) is 5.56 Å². The second-order valence-electron chi connectivity index (χ2n) is 6.31. The highest BCUT2D eigenvalue weighted by molar-refractivity contribution is 7.15. The van der Waals surface area contributed by atoms with Crippen LogP contribution in [0.2, 0.25) is 0 Å². The van der Waals surface area contributed by atoms with Crippen molar-refractivity contribution in [3.05, 3.63) is 79.3 Å². The first-order chi connectivity index (χ1) is 14.6. The summed E-state index contributed by atoms with van der Waals surface area (Å²) in [6, 6.07) is 14.4. The molecule has 0 unspecified atom stereocenters. The van der Waals surface area contributed by atoms with Gasteiger partial charge in [-0.15, -0.1) is 0 Å². The second kappa shape index (κ2) is 8.46. The molecule has 0 bridgehead atoms. The van der Waals surface area contributed by atoms with E-state index in [0.717, 1.165) is 16.9 Å². The number of fused-ring (bicyclic) bond motifs is 1. The number of nitrogens with zero attached hydrogens (tertiary/aromatic N) is 3. The molecule has 0 fully saturated rings. The molecule has 0 saturated carbocycles. The Balaban J connectivity index is 1.83. The molecule has 2 aromatic heterocycles. The van der Waals surface area contributed by atoms with E-state index in [-0.39, 0.29) is 16.2 Å². The molecule has 0 atom stereocenters. The summed E-state index contributed by atoms with van der Waals surface area (Å²) in [6.45, 7) is 4.82. The van der Waals surface area contributed by atoms with Crippen LogP contribution in [0.5, 0.6) is 11.5 Å². The minimum absolute atomic E-state index is 0.147. The Morgan fingerprint density at radius 3 is 2.47 bits per heavy atom. The average molecular weight is 421 g/mol. The summed E-state index contributed by atoms with van der Waals surface area (Å²) in [5.74, 6) is 1.26. The van der Waals surface area contributed by atoms with Gasteiger partial charge in [-0.25, -0.2) is 0 Å². The van der Waals surface area contributed by atoms with E-state index in [9.17, 15) is 9.59 Å². The summed E-state index contributed by atoms with van der Waals surface area (Å²) >= 11 is 1.12. The van der Waals surface area contributed by atoms with Crippen LogP contribution in [-0.2, 0) is 0 Å². The van der Waals surface area contributed by atoms with Crippen molar-refractivity contribution in [2.24, 2.45) is 0 Å². The van der Waals surface area contributed by atoms with Crippen LogP contribution < -0.4 is 25.1 Å². The molecule has 0 radical (unpaired) electrons. The predicted molar refractivity (Wildman–Crippen MR) is 116 cm³/mol. The zero-order chi connectivity index (χ0) is 21.1. The monoisotopic (exact) mass is 421 g/mol. The molecular weight excluding hydrogens is 402 g/mol. The van der Waals surface area contributed by atoms with Crippen LogP contribution in [-0.4, -0.2) is 27.8 Å². The van der Waals surface area contributed by atoms with Gasteiger partial charge in [0.2, 0.25) is 4.96 Å². The summed E-state index contributed by atoms with van der Waals surface area (Å²) in [6.07, 6.45) is 1.73. The van der Waals surface area contributed by atoms with Crippen molar-refractivity contribution in [2.75, 3.05) is 13.2 Å². The number of hydrogen-bond acceptors (Lipinski definition) is 7. The largest absolute Gasteiger partial charge is 0.490 e. The average Bonchev–Trinajstić information content (AvgIpc) is 3.04. The maximum atomic E-state index is 12.9. The highest BCUT2D eigenvalue weighted by Gasteiger charge is 2.13. The third-order valence-electron chi connectivity index (χ3n) is 4.30. The third-order valence-corrected chi connectivity index (χ3v) is 5.26. The fraction of sp³-hybridized carbons (Fsp3) is 0.182. The Bertz CT molecular complexity index is 1360. The normalized spacial score (nSPS) is 11.7. The molecule has 0 aliphatic heterocycles. The SMILES string of the molecule is CCOc1ccc(/C=c2/sc3nc(=O)c(-c4ccccc4)nn3c2=O)cc1OCC. The van der Waals surface area contributed by atoms with Crippen LogP contribution in [0.15, 0.2) is 58.1 Å². The Kier molecular flexibility index (Phi) is 5.58. The first kappa shape index (κ1) is 19.8. The van der Waals surface area contributed by atoms with Crippen LogP contribution in [0.1, 0.15) is 19.4 Å². The van der Waals surface area contributed by atoms with Crippen LogP contribution in [0.25, 0.3) is 22.3 Å². The number of rotatable bonds is 6. The van der Waals surface area contributed by atoms with Gasteiger partial charge in [0.15, 0.2) is 17.2 Å². The van der Waals surface area contributed by atoms with Crippen LogP contribution in [0.4, 0.5) is 0 Å². The molecule has 152 valence electrons. The quantitative estimate of drug-likeness (QED) is 0.476. The van der Waals surface area contributed by atoms with Crippen molar-refractivity contribution in [3.63, 3.8) is 0 Å². The molecule has 2 aromatic carbocycles. The lowest BCUT2D eigenvalue weighted by molar-refractivity contribution is 0.287. The number of ether oxygens (including phenoxy) is 2. The Hall–Kier alpha value is -3.52. The van der Waals surface area contributed by atoms with E-state index in [4.69, 9.17) is 9.47 Å². The summed E-state index contributed by atoms with van der Waals surface area (Å²) in [5, 5.41) is 4.27. The molecule has 0 amide bonds. The van der Waals surface area contributed by atoms with Crippen molar-refractivity contribution in [1.29, 1.82) is 0 Å². The second-order valence-corrected chi connectivity index (χ2v) is 7.32. The smallest absolute Gasteiger partial charge is 0.300 e. The molecule has 0 aliphatic rings. The minimum atomic E-state index is -0.464. The van der Waals surface area contributed by atoms with Gasteiger partial charge >= 0.3 is 5.56 Å². The van der Waals surface area contributed by atoms with E-state index in [0.29, 0.717) is 34.8 Å². The third kappa shape index (κ3) is 3.81. The molecule has 4 aromatic rings. The van der Waals surface area contributed by atoms with Crippen molar-refractivity contribution in [3.8, 4) is 22.8 Å². The van der Waals surface area contributed by atoms with Crippen molar-refractivity contribution in [2.45, 2.75) is 13.8 Å². The maximum absolute atomic E-state index is 12.9. The standard InChI is InChI=1S/C22H19N3O4S/c1-3-28-16-11-10-14(12-17(16)29-4-2)13-18-21(27)25-22(30-18)23-20(26)19(24-25)15-8-6-5-7-9-15/h5-13H,3-4H2,1-2H3/b18-13+. The lowest BCUT2D eigenvalue weighted by atomic mass is 10.2. The molecule has 0 aliphatic carbocycles. The summed E-state index contributed by atoms with van der Waals surface area (Å²) < 4.78 is 12.8. The summed E-state index contributed by atoms with van der Waals surface area (Å²) in [4.78, 5) is 29.6. The van der Waals surface area contributed by atoms with Crippen molar-refractivity contribution >= 4 is 22.4 Å². The molecular formula is C22H19N3O4S. The lowest BCUT2D eigenvalue weighted by Gasteiger charge is -2.11. The van der Waals surface area contributed by atoms with E-state index in [2.05, 4.69) is 10.1 Å². The van der Waals surface area contributed by atoms with E-state index >= 15 is 0 Å². The molecule has 0 spiro atoms. The molecule has 0 saturated heterocycles. The van der Waals surface area contributed by atoms with Gasteiger partial charge in [0.1, 0.15) is 0 Å². The first-order valence-electron chi connectivity index (χ1n) is 9.51. The van der Waals surface area contributed by atoms with Gasteiger partial charge < -0.3 is 9.47 Å². The zero-order valence-electron chi connectivity index (χ0n) is 16.5. The van der Waals surface area contributed by atoms with Crippen molar-refractivity contribution < 1.29 is 9.47 Å². The predicted octanol–water partition coefficient (Wildman–Crippen LogP) is 2.52. The molecule has 30 heavy (non-hydrogen) atoms. The Labute approximate surface area is 175 Å². The highest BCUT2D eigenvalue weighted by Crippen LogP contribution is 2.28. The van der Waals surface area contributed by atoms with Crippen LogP contribution in [0, 0.1) is 0 Å². The summed E-state index contributed by atoms with van der Waals surface area (Å²) in [5.41, 5.74) is 0.750. The molecule has 2 heterocycles. The van der Waals surface area contributed by atoms with Crippen LogP contribution in [0.3, 0.4) is 0 Å². The van der Waals surface area contributed by atoms with E-state index in [1.165, 1.54) is 4.52 Å². The Morgan fingerprint density at radius 1 is 1.00 bits per heavy atom. The number of hydrogen-bond donors (Lipinski definition) is 0. The van der Waals surface area contributed by atoms with E-state index in [1.807, 2.05) is 38.1 Å². The maximum Gasteiger partial charge on any atom is 0.300 e. The van der Waals surface area contributed by atoms with E-state index in [1.54, 1.807) is 30.3 Å². The molecule has 8 heteroatoms. The van der Waals surface area contributed by atoms with Gasteiger partial charge in [-0.1, -0.05) is 47.7 Å². The molecule has 4 rings (SSSR count). The minimum Gasteiger partial charge on any atom is -0.490 e. The molecule has 0 N–H and O–H groups in total. The van der Waals surface area contributed by atoms with Crippen molar-refractivity contribution in [1.82, 2.24) is 14.6 Å². The number of thiazole rings is 1. The number of benzene rings is 2. The Morgan fingerprint density at radius 2 is 1.73 bits per heavy atom. The molecule has 7 nitrogen and oxygen atoms in total. The van der Waals surface area contributed by atoms with Crippen LogP contribution >= 0.6 is 11.3 Å². The number of aromatic nitrogens is 3. The van der Waals surface area contributed by atoms with Gasteiger partial charge in [-0.2, -0.15) is 14.6 Å².